The fourth-order valence-electron chi connectivity index (χ4n) is 2.75. The van der Waals surface area contributed by atoms with E-state index in [-0.39, 0.29) is 0 Å². The summed E-state index contributed by atoms with van der Waals surface area (Å²) in [7, 11) is 2.16. The van der Waals surface area contributed by atoms with Gasteiger partial charge in [0.15, 0.2) is 0 Å². The predicted molar refractivity (Wildman–Crippen MR) is 89.6 cm³/mol. The van der Waals surface area contributed by atoms with Crippen molar-refractivity contribution in [2.24, 2.45) is 0 Å². The second kappa shape index (κ2) is 6.31. The molecule has 2 aromatic rings. The maximum atomic E-state index is 3.58. The third-order valence-electron chi connectivity index (χ3n) is 4.11. The van der Waals surface area contributed by atoms with Gasteiger partial charge in [0.25, 0.3) is 0 Å². The molecule has 0 atom stereocenters. The van der Waals surface area contributed by atoms with E-state index in [0.717, 1.165) is 19.1 Å². The van der Waals surface area contributed by atoms with E-state index >= 15 is 0 Å². The van der Waals surface area contributed by atoms with Gasteiger partial charge in [-0.1, -0.05) is 42.5 Å². The maximum Gasteiger partial charge on any atom is 0.0426 e. The fraction of sp³-hybridized carbons (Fsp3) is 0.368. The Kier molecular flexibility index (Phi) is 4.26. The minimum atomic E-state index is 0.769. The Labute approximate surface area is 127 Å². The highest BCUT2D eigenvalue weighted by atomic mass is 15.1. The van der Waals surface area contributed by atoms with E-state index in [1.165, 1.54) is 35.2 Å². The lowest BCUT2D eigenvalue weighted by molar-refractivity contribution is 0.687. The monoisotopic (exact) mass is 280 g/mol. The highest BCUT2D eigenvalue weighted by Gasteiger charge is 2.20. The van der Waals surface area contributed by atoms with Gasteiger partial charge in [0.2, 0.25) is 0 Å². The average Bonchev–Trinajstić information content (AvgIpc) is 3.30. The molecule has 0 radical (unpaired) electrons. The number of anilines is 1. The van der Waals surface area contributed by atoms with Crippen molar-refractivity contribution in [3.05, 3.63) is 65.2 Å². The molecule has 1 aliphatic carbocycles. The van der Waals surface area contributed by atoms with Crippen LogP contribution in [0.15, 0.2) is 48.5 Å². The van der Waals surface area contributed by atoms with Crippen LogP contribution < -0.4 is 10.2 Å². The van der Waals surface area contributed by atoms with Gasteiger partial charge in [0.05, 0.1) is 0 Å². The molecule has 2 heteroatoms. The number of nitrogens with one attached hydrogen (secondary N) is 1. The summed E-state index contributed by atoms with van der Waals surface area (Å²) in [6, 6.07) is 18.2. The fourth-order valence-corrected chi connectivity index (χ4v) is 2.75. The van der Waals surface area contributed by atoms with Crippen molar-refractivity contribution in [2.75, 3.05) is 11.9 Å². The molecule has 0 unspecified atom stereocenters. The molecule has 0 saturated heterocycles. The van der Waals surface area contributed by atoms with Crippen molar-refractivity contribution in [2.45, 2.75) is 38.9 Å². The van der Waals surface area contributed by atoms with Gasteiger partial charge in [0.1, 0.15) is 0 Å². The Bertz CT molecular complexity index is 588. The Morgan fingerprint density at radius 1 is 1.05 bits per heavy atom. The van der Waals surface area contributed by atoms with Crippen LogP contribution in [-0.4, -0.2) is 13.1 Å². The molecule has 1 aliphatic rings. The molecule has 0 aliphatic heterocycles. The van der Waals surface area contributed by atoms with Gasteiger partial charge in [-0.05, 0) is 42.5 Å². The van der Waals surface area contributed by atoms with E-state index in [0.29, 0.717) is 0 Å². The largest absolute Gasteiger partial charge is 0.370 e. The number of rotatable bonds is 6. The zero-order valence-corrected chi connectivity index (χ0v) is 13.0. The summed E-state index contributed by atoms with van der Waals surface area (Å²) < 4.78 is 0. The highest BCUT2D eigenvalue weighted by Crippen LogP contribution is 2.23. The molecule has 0 heterocycles. The van der Waals surface area contributed by atoms with Gasteiger partial charge in [-0.15, -0.1) is 0 Å². The first-order valence-electron chi connectivity index (χ1n) is 7.80. The van der Waals surface area contributed by atoms with E-state index in [1.54, 1.807) is 0 Å². The van der Waals surface area contributed by atoms with Crippen molar-refractivity contribution in [3.8, 4) is 0 Å². The normalized spacial score (nSPS) is 14.2. The van der Waals surface area contributed by atoms with Crippen LogP contribution in [0.5, 0.6) is 0 Å². The van der Waals surface area contributed by atoms with Crippen LogP contribution in [0.4, 0.5) is 5.69 Å². The molecule has 1 fully saturated rings. The van der Waals surface area contributed by atoms with E-state index in [4.69, 9.17) is 0 Å². The van der Waals surface area contributed by atoms with Crippen LogP contribution in [-0.2, 0) is 13.1 Å². The van der Waals surface area contributed by atoms with Gasteiger partial charge in [0, 0.05) is 31.9 Å². The van der Waals surface area contributed by atoms with E-state index in [9.17, 15) is 0 Å². The molecule has 1 saturated carbocycles. The van der Waals surface area contributed by atoms with Crippen molar-refractivity contribution in [3.63, 3.8) is 0 Å². The van der Waals surface area contributed by atoms with Crippen molar-refractivity contribution in [1.29, 1.82) is 0 Å². The smallest absolute Gasteiger partial charge is 0.0426 e. The minimum absolute atomic E-state index is 0.769. The summed E-state index contributed by atoms with van der Waals surface area (Å²) in [6.45, 7) is 4.15. The maximum absolute atomic E-state index is 3.58. The number of benzene rings is 2. The molecule has 3 rings (SSSR count). The van der Waals surface area contributed by atoms with E-state index < -0.39 is 0 Å². The first kappa shape index (κ1) is 14.2. The van der Waals surface area contributed by atoms with Crippen LogP contribution in [0.3, 0.4) is 0 Å². The average molecular weight is 280 g/mol. The quantitative estimate of drug-likeness (QED) is 0.863. The van der Waals surface area contributed by atoms with E-state index in [2.05, 4.69) is 72.7 Å². The number of aryl methyl sites for hydroxylation is 1. The van der Waals surface area contributed by atoms with Crippen LogP contribution >= 0.6 is 0 Å². The third-order valence-corrected chi connectivity index (χ3v) is 4.11. The zero-order valence-electron chi connectivity index (χ0n) is 13.0. The molecular weight excluding hydrogens is 256 g/mol. The second-order valence-corrected chi connectivity index (χ2v) is 6.12. The van der Waals surface area contributed by atoms with Gasteiger partial charge in [-0.25, -0.2) is 0 Å². The third kappa shape index (κ3) is 3.85. The minimum Gasteiger partial charge on any atom is -0.370 e. The topological polar surface area (TPSA) is 15.3 Å². The molecule has 0 bridgehead atoms. The SMILES string of the molecule is Cc1cc(CNC2CC2)ccc1N(C)Cc1ccccc1. The van der Waals surface area contributed by atoms with Gasteiger partial charge in [-0.2, -0.15) is 0 Å². The van der Waals surface area contributed by atoms with Crippen LogP contribution in [0.2, 0.25) is 0 Å². The summed E-state index contributed by atoms with van der Waals surface area (Å²) in [5, 5.41) is 3.58. The summed E-state index contributed by atoms with van der Waals surface area (Å²) in [6.07, 6.45) is 2.69. The summed E-state index contributed by atoms with van der Waals surface area (Å²) >= 11 is 0. The lowest BCUT2D eigenvalue weighted by atomic mass is 10.1. The van der Waals surface area contributed by atoms with Crippen LogP contribution in [0.1, 0.15) is 29.5 Å². The highest BCUT2D eigenvalue weighted by molar-refractivity contribution is 5.54. The summed E-state index contributed by atoms with van der Waals surface area (Å²) in [4.78, 5) is 2.32. The lowest BCUT2D eigenvalue weighted by Crippen LogP contribution is -2.18. The standard InChI is InChI=1S/C19H24N2/c1-15-12-17(13-20-18-9-10-18)8-11-19(15)21(2)14-16-6-4-3-5-7-16/h3-8,11-12,18,20H,9-10,13-14H2,1-2H3. The van der Waals surface area contributed by atoms with Gasteiger partial charge >= 0.3 is 0 Å². The molecule has 1 N–H and O–H groups in total. The van der Waals surface area contributed by atoms with Crippen LogP contribution in [0.25, 0.3) is 0 Å². The number of hydrogen-bond donors (Lipinski definition) is 1. The second-order valence-electron chi connectivity index (χ2n) is 6.12. The Morgan fingerprint density at radius 2 is 1.81 bits per heavy atom. The predicted octanol–water partition coefficient (Wildman–Crippen LogP) is 3.88. The Morgan fingerprint density at radius 3 is 2.48 bits per heavy atom. The first-order chi connectivity index (χ1) is 10.2. The number of hydrogen-bond acceptors (Lipinski definition) is 2. The van der Waals surface area contributed by atoms with Crippen LogP contribution in [0, 0.1) is 6.92 Å². The molecule has 2 nitrogen and oxygen atoms in total. The van der Waals surface area contributed by atoms with Gasteiger partial charge in [-0.3, -0.25) is 0 Å². The first-order valence-corrected chi connectivity index (χ1v) is 7.80. The molecule has 2 aromatic carbocycles. The number of nitrogens with zero attached hydrogens (tertiary/aromatic N) is 1. The molecule has 0 amide bonds. The lowest BCUT2D eigenvalue weighted by Gasteiger charge is -2.22. The molecule has 0 spiro atoms. The summed E-state index contributed by atoms with van der Waals surface area (Å²) in [5.41, 5.74) is 5.40. The van der Waals surface area contributed by atoms with E-state index in [1.807, 2.05) is 0 Å². The van der Waals surface area contributed by atoms with Crippen molar-refractivity contribution in [1.82, 2.24) is 5.32 Å². The molecular formula is C19H24N2. The Balaban J connectivity index is 1.66. The molecule has 21 heavy (non-hydrogen) atoms. The summed E-state index contributed by atoms with van der Waals surface area (Å²) in [5.74, 6) is 0. The Hall–Kier alpha value is -1.80. The molecule has 110 valence electrons. The zero-order chi connectivity index (χ0) is 14.7. The van der Waals surface area contributed by atoms with Crippen molar-refractivity contribution >= 4 is 5.69 Å². The molecule has 0 aromatic heterocycles. The van der Waals surface area contributed by atoms with Crippen molar-refractivity contribution < 1.29 is 0 Å². The van der Waals surface area contributed by atoms with Gasteiger partial charge < -0.3 is 10.2 Å².